The van der Waals surface area contributed by atoms with Crippen molar-refractivity contribution in [3.05, 3.63) is 93.6 Å². The number of rotatable bonds is 7. The van der Waals surface area contributed by atoms with Gasteiger partial charge in [0.1, 0.15) is 18.1 Å². The van der Waals surface area contributed by atoms with Crippen LogP contribution in [0, 0.1) is 13.8 Å². The van der Waals surface area contributed by atoms with Gasteiger partial charge in [0, 0.05) is 17.8 Å². The molecular weight excluding hydrogens is 426 g/mol. The molecule has 0 fully saturated rings. The quantitative estimate of drug-likeness (QED) is 0.433. The van der Waals surface area contributed by atoms with Crippen molar-refractivity contribution in [1.29, 1.82) is 0 Å². The summed E-state index contributed by atoms with van der Waals surface area (Å²) in [6.07, 6.45) is 0. The number of fused-ring (bicyclic) bond motifs is 1. The number of ether oxygens (including phenoxy) is 2. The van der Waals surface area contributed by atoms with E-state index in [1.807, 2.05) is 25.1 Å². The fraction of sp³-hybridized carbons (Fsp3) is 0.167. The Morgan fingerprint density at radius 2 is 1.88 bits per heavy atom. The first-order valence-corrected chi connectivity index (χ1v) is 10.1. The Hall–Kier alpha value is -4.40. The number of carbonyl (C=O) groups is 2. The first-order chi connectivity index (χ1) is 15.9. The normalized spacial score (nSPS) is 10.7. The molecule has 1 N–H and O–H groups in total. The maximum Gasteiger partial charge on any atom is 0.338 e. The Morgan fingerprint density at radius 3 is 2.70 bits per heavy atom. The molecule has 0 aliphatic heterocycles. The summed E-state index contributed by atoms with van der Waals surface area (Å²) in [7, 11) is 0. The van der Waals surface area contributed by atoms with E-state index in [0.29, 0.717) is 28.5 Å². The average Bonchev–Trinajstić information content (AvgIpc) is 3.17. The Morgan fingerprint density at radius 1 is 1.06 bits per heavy atom. The fourth-order valence-corrected chi connectivity index (χ4v) is 3.15. The number of hydrogen-bond acceptors (Lipinski definition) is 7. The monoisotopic (exact) mass is 447 g/mol. The molecule has 0 unspecified atom stereocenters. The number of nitrogens with one attached hydrogen (secondary N) is 1. The molecule has 0 saturated heterocycles. The third kappa shape index (κ3) is 5.45. The lowest BCUT2D eigenvalue weighted by molar-refractivity contribution is -0.118. The van der Waals surface area contributed by atoms with Crippen LogP contribution in [0.5, 0.6) is 5.75 Å². The van der Waals surface area contributed by atoms with Crippen LogP contribution < -0.4 is 15.6 Å². The predicted octanol–water partition coefficient (Wildman–Crippen LogP) is 3.28. The van der Waals surface area contributed by atoms with Crippen LogP contribution >= 0.6 is 0 Å². The predicted molar refractivity (Wildman–Crippen MR) is 119 cm³/mol. The average molecular weight is 447 g/mol. The van der Waals surface area contributed by atoms with Crippen molar-refractivity contribution in [2.75, 3.05) is 11.9 Å². The fourth-order valence-electron chi connectivity index (χ4n) is 3.15. The van der Waals surface area contributed by atoms with Crippen molar-refractivity contribution in [1.82, 2.24) is 9.56 Å². The molecule has 0 bridgehead atoms. The lowest BCUT2D eigenvalue weighted by Gasteiger charge is -2.09. The molecule has 0 aliphatic carbocycles. The van der Waals surface area contributed by atoms with Gasteiger partial charge in [-0.15, -0.1) is 4.57 Å². The molecule has 4 aromatic rings. The Labute approximate surface area is 188 Å². The third-order valence-electron chi connectivity index (χ3n) is 4.62. The van der Waals surface area contributed by atoms with E-state index in [9.17, 15) is 14.4 Å². The number of esters is 1. The van der Waals surface area contributed by atoms with Gasteiger partial charge in [-0.1, -0.05) is 18.2 Å². The van der Waals surface area contributed by atoms with E-state index in [0.717, 1.165) is 10.1 Å². The molecule has 4 rings (SSSR count). The number of amides is 1. The number of carbonyl (C=O) groups excluding carboxylic acids is 2. The van der Waals surface area contributed by atoms with Gasteiger partial charge in [0.15, 0.2) is 12.3 Å². The smallest absolute Gasteiger partial charge is 0.338 e. The number of anilines is 1. The maximum atomic E-state index is 12.5. The van der Waals surface area contributed by atoms with Crippen molar-refractivity contribution in [3.63, 3.8) is 0 Å². The molecule has 0 spiro atoms. The van der Waals surface area contributed by atoms with Crippen LogP contribution in [0.1, 0.15) is 27.4 Å². The zero-order valence-electron chi connectivity index (χ0n) is 18.0. The molecular formula is C24H21N3O6. The molecule has 2 heterocycles. The number of benzene rings is 2. The van der Waals surface area contributed by atoms with Crippen molar-refractivity contribution >= 4 is 23.2 Å². The van der Waals surface area contributed by atoms with Crippen LogP contribution in [-0.2, 0) is 16.1 Å². The van der Waals surface area contributed by atoms with Gasteiger partial charge in [0.2, 0.25) is 0 Å². The Balaban J connectivity index is 1.35. The number of nitrogens with zero attached hydrogens (tertiary/aromatic N) is 2. The molecule has 0 aliphatic rings. The third-order valence-corrected chi connectivity index (χ3v) is 4.62. The molecule has 2 aromatic heterocycles. The van der Waals surface area contributed by atoms with Gasteiger partial charge in [-0.2, -0.15) is 0 Å². The van der Waals surface area contributed by atoms with Crippen molar-refractivity contribution in [2.24, 2.45) is 0 Å². The molecule has 0 atom stereocenters. The van der Waals surface area contributed by atoms with Crippen LogP contribution in [0.2, 0.25) is 0 Å². The molecule has 2 aromatic carbocycles. The van der Waals surface area contributed by atoms with Crippen LogP contribution in [0.3, 0.4) is 0 Å². The lowest BCUT2D eigenvalue weighted by atomic mass is 10.2. The maximum absolute atomic E-state index is 12.5. The Kier molecular flexibility index (Phi) is 6.21. The molecule has 168 valence electrons. The van der Waals surface area contributed by atoms with Crippen LogP contribution in [0.4, 0.5) is 5.69 Å². The van der Waals surface area contributed by atoms with E-state index in [2.05, 4.69) is 10.3 Å². The summed E-state index contributed by atoms with van der Waals surface area (Å²) in [6.45, 7) is 3.28. The van der Waals surface area contributed by atoms with Crippen molar-refractivity contribution < 1.29 is 23.6 Å². The summed E-state index contributed by atoms with van der Waals surface area (Å²) in [4.78, 5) is 41.0. The number of aromatic nitrogens is 2. The largest absolute Gasteiger partial charge is 0.484 e. The second-order valence-electron chi connectivity index (χ2n) is 7.39. The molecule has 0 saturated carbocycles. The van der Waals surface area contributed by atoms with E-state index in [1.54, 1.807) is 37.3 Å². The van der Waals surface area contributed by atoms with Crippen LogP contribution in [0.15, 0.2) is 70.0 Å². The summed E-state index contributed by atoms with van der Waals surface area (Å²) in [5, 5.41) is 2.69. The second kappa shape index (κ2) is 9.39. The minimum Gasteiger partial charge on any atom is -0.484 e. The van der Waals surface area contributed by atoms with Gasteiger partial charge in [0.25, 0.3) is 11.5 Å². The highest BCUT2D eigenvalue weighted by molar-refractivity contribution is 5.95. The zero-order chi connectivity index (χ0) is 23.4. The first-order valence-electron chi connectivity index (χ1n) is 10.1. The highest BCUT2D eigenvalue weighted by atomic mass is 16.5. The van der Waals surface area contributed by atoms with E-state index in [1.165, 1.54) is 12.1 Å². The number of hydrogen-bond donors (Lipinski definition) is 1. The number of aryl methyl sites for hydroxylation is 2. The minimum atomic E-state index is -0.618. The highest BCUT2D eigenvalue weighted by Crippen LogP contribution is 2.15. The Bertz CT molecular complexity index is 1390. The second-order valence-corrected chi connectivity index (χ2v) is 7.39. The lowest BCUT2D eigenvalue weighted by Crippen LogP contribution is -2.20. The van der Waals surface area contributed by atoms with Crippen molar-refractivity contribution in [3.8, 4) is 5.75 Å². The van der Waals surface area contributed by atoms with Gasteiger partial charge >= 0.3 is 5.97 Å². The van der Waals surface area contributed by atoms with Crippen molar-refractivity contribution in [2.45, 2.75) is 20.5 Å². The molecule has 0 radical (unpaired) electrons. The van der Waals surface area contributed by atoms with Gasteiger partial charge < -0.3 is 19.3 Å². The van der Waals surface area contributed by atoms with E-state index in [4.69, 9.17) is 14.0 Å². The topological polar surface area (TPSA) is 112 Å². The molecule has 9 nitrogen and oxygen atoms in total. The van der Waals surface area contributed by atoms with Gasteiger partial charge in [0.05, 0.1) is 11.3 Å². The summed E-state index contributed by atoms with van der Waals surface area (Å²) in [6, 6.07) is 16.6. The summed E-state index contributed by atoms with van der Waals surface area (Å²) in [5.41, 5.74) is 1.92. The highest BCUT2D eigenvalue weighted by Gasteiger charge is 2.12. The first kappa shape index (κ1) is 21.8. The van der Waals surface area contributed by atoms with E-state index < -0.39 is 11.5 Å². The van der Waals surface area contributed by atoms with E-state index in [-0.39, 0.29) is 24.7 Å². The minimum absolute atomic E-state index is 0.171. The summed E-state index contributed by atoms with van der Waals surface area (Å²) >= 11 is 0. The summed E-state index contributed by atoms with van der Waals surface area (Å²) in [5.74, 6) is 0.152. The van der Waals surface area contributed by atoms with Gasteiger partial charge in [-0.3, -0.25) is 9.59 Å². The molecule has 9 heteroatoms. The molecule has 1 amide bonds. The summed E-state index contributed by atoms with van der Waals surface area (Å²) < 4.78 is 17.1. The van der Waals surface area contributed by atoms with E-state index >= 15 is 0 Å². The SMILES string of the molecule is Cc1cccc(OCC(=O)Nc2cccc(C(=O)OCc3cc(=O)n4oc(C)cc4n3)c2)c1. The van der Waals surface area contributed by atoms with Gasteiger partial charge in [-0.25, -0.2) is 9.78 Å². The standard InChI is InChI=1S/C24H21N3O6/c1-15-5-3-8-20(9-15)31-14-22(28)26-18-7-4-6-17(11-18)24(30)32-13-19-12-23(29)27-21(25-19)10-16(2)33-27/h3-12H,13-14H2,1-2H3,(H,26,28). The van der Waals surface area contributed by atoms with Crippen LogP contribution in [-0.4, -0.2) is 28.0 Å². The van der Waals surface area contributed by atoms with Crippen LogP contribution in [0.25, 0.3) is 5.65 Å². The molecule has 33 heavy (non-hydrogen) atoms. The van der Waals surface area contributed by atoms with Gasteiger partial charge in [-0.05, 0) is 49.7 Å². The zero-order valence-corrected chi connectivity index (χ0v) is 18.0.